The van der Waals surface area contributed by atoms with Gasteiger partial charge < -0.3 is 0 Å². The van der Waals surface area contributed by atoms with Crippen molar-refractivity contribution in [3.05, 3.63) is 36.1 Å². The first-order valence-electron chi connectivity index (χ1n) is 8.20. The second kappa shape index (κ2) is 6.26. The van der Waals surface area contributed by atoms with Crippen LogP contribution in [0.25, 0.3) is 16.9 Å². The quantitative estimate of drug-likeness (QED) is 0.861. The molecule has 0 saturated heterocycles. The van der Waals surface area contributed by atoms with Crippen LogP contribution in [-0.4, -0.2) is 20.4 Å². The number of allylic oxidation sites excluding steroid dienone is 4. The number of rotatable bonds is 4. The Balaban J connectivity index is 1.96. The topological polar surface area (TPSA) is 59.8 Å². The molecule has 8 heteroatoms. The molecule has 3 rings (SSSR count). The van der Waals surface area contributed by atoms with Crippen molar-refractivity contribution in [1.29, 1.82) is 0 Å². The van der Waals surface area contributed by atoms with Gasteiger partial charge in [-0.05, 0) is 36.1 Å². The van der Waals surface area contributed by atoms with Crippen molar-refractivity contribution < 1.29 is 18.0 Å². The van der Waals surface area contributed by atoms with Gasteiger partial charge in [0.1, 0.15) is 11.2 Å². The van der Waals surface area contributed by atoms with Gasteiger partial charge in [0.15, 0.2) is 5.65 Å². The SMILES string of the molecule is CC(C)(C)CCC(=O)Nc1nc2ccc(C(F)(F)F)nc2n1C1=CC=C1. The smallest absolute Gasteiger partial charge is 0.296 e. The minimum absolute atomic E-state index is 0.000120. The number of nitrogens with zero attached hydrogens (tertiary/aromatic N) is 3. The number of nitrogens with one attached hydrogen (secondary N) is 1. The molecule has 26 heavy (non-hydrogen) atoms. The maximum atomic E-state index is 13.0. The van der Waals surface area contributed by atoms with Crippen LogP contribution >= 0.6 is 0 Å². The number of anilines is 1. The molecular weight excluding hydrogens is 345 g/mol. The van der Waals surface area contributed by atoms with Crippen LogP contribution in [0.3, 0.4) is 0 Å². The van der Waals surface area contributed by atoms with Gasteiger partial charge in [0.2, 0.25) is 11.9 Å². The lowest BCUT2D eigenvalue weighted by molar-refractivity contribution is -0.141. The Morgan fingerprint density at radius 1 is 1.19 bits per heavy atom. The molecular formula is C18H19F3N4O. The number of pyridine rings is 1. The van der Waals surface area contributed by atoms with Crippen molar-refractivity contribution in [2.45, 2.75) is 39.8 Å². The zero-order valence-electron chi connectivity index (χ0n) is 14.7. The Kier molecular flexibility index (Phi) is 4.37. The molecule has 0 aromatic carbocycles. The highest BCUT2D eigenvalue weighted by molar-refractivity contribution is 5.93. The highest BCUT2D eigenvalue weighted by Crippen LogP contribution is 2.32. The van der Waals surface area contributed by atoms with Crippen molar-refractivity contribution in [1.82, 2.24) is 14.5 Å². The third kappa shape index (κ3) is 3.79. The van der Waals surface area contributed by atoms with Gasteiger partial charge in [-0.25, -0.2) is 9.97 Å². The molecule has 1 amide bonds. The summed E-state index contributed by atoms with van der Waals surface area (Å²) in [6, 6.07) is 2.14. The Morgan fingerprint density at radius 3 is 2.42 bits per heavy atom. The van der Waals surface area contributed by atoms with Crippen LogP contribution in [0.1, 0.15) is 39.3 Å². The van der Waals surface area contributed by atoms with E-state index in [1.807, 2.05) is 20.8 Å². The number of hydrogen-bond donors (Lipinski definition) is 1. The average molecular weight is 364 g/mol. The lowest BCUT2D eigenvalue weighted by atomic mass is 9.90. The van der Waals surface area contributed by atoms with Gasteiger partial charge in [-0.1, -0.05) is 26.8 Å². The van der Waals surface area contributed by atoms with E-state index in [-0.39, 0.29) is 28.4 Å². The van der Waals surface area contributed by atoms with E-state index >= 15 is 0 Å². The maximum absolute atomic E-state index is 13.0. The number of alkyl halides is 3. The molecule has 0 fully saturated rings. The largest absolute Gasteiger partial charge is 0.433 e. The van der Waals surface area contributed by atoms with Crippen LogP contribution in [0.5, 0.6) is 0 Å². The lowest BCUT2D eigenvalue weighted by Crippen LogP contribution is -2.18. The minimum Gasteiger partial charge on any atom is -0.296 e. The normalized spacial score (nSPS) is 14.3. The summed E-state index contributed by atoms with van der Waals surface area (Å²) in [4.78, 5) is 20.2. The molecule has 0 unspecified atom stereocenters. The van der Waals surface area contributed by atoms with Crippen molar-refractivity contribution in [3.8, 4) is 0 Å². The number of halogens is 3. The molecule has 1 aliphatic carbocycles. The first-order chi connectivity index (χ1) is 12.0. The van der Waals surface area contributed by atoms with E-state index in [9.17, 15) is 18.0 Å². The summed E-state index contributed by atoms with van der Waals surface area (Å²) in [6.45, 7) is 6.09. The molecule has 5 nitrogen and oxygen atoms in total. The maximum Gasteiger partial charge on any atom is 0.433 e. The lowest BCUT2D eigenvalue weighted by Gasteiger charge is -2.18. The fraction of sp³-hybridized carbons (Fsp3) is 0.389. The van der Waals surface area contributed by atoms with E-state index in [0.717, 1.165) is 6.07 Å². The van der Waals surface area contributed by atoms with E-state index in [1.165, 1.54) is 10.6 Å². The Hall–Kier alpha value is -2.64. The van der Waals surface area contributed by atoms with Crippen molar-refractivity contribution >= 4 is 28.7 Å². The molecule has 2 aromatic heterocycles. The number of hydrogen-bond acceptors (Lipinski definition) is 3. The van der Waals surface area contributed by atoms with E-state index in [0.29, 0.717) is 18.5 Å². The van der Waals surface area contributed by atoms with Crippen LogP contribution < -0.4 is 5.32 Å². The fourth-order valence-electron chi connectivity index (χ4n) is 2.45. The minimum atomic E-state index is -4.55. The Morgan fingerprint density at radius 2 is 1.88 bits per heavy atom. The summed E-state index contributed by atoms with van der Waals surface area (Å²) < 4.78 is 40.4. The second-order valence-corrected chi connectivity index (χ2v) is 7.37. The van der Waals surface area contributed by atoms with E-state index < -0.39 is 11.9 Å². The van der Waals surface area contributed by atoms with Gasteiger partial charge in [-0.3, -0.25) is 14.7 Å². The number of carbonyl (C=O) groups is 1. The molecule has 1 N–H and O–H groups in total. The highest BCUT2D eigenvalue weighted by Gasteiger charge is 2.33. The van der Waals surface area contributed by atoms with Crippen molar-refractivity contribution in [3.63, 3.8) is 0 Å². The average Bonchev–Trinajstić information content (AvgIpc) is 2.79. The molecule has 0 bridgehead atoms. The zero-order valence-corrected chi connectivity index (χ0v) is 14.7. The van der Waals surface area contributed by atoms with Crippen LogP contribution in [0, 0.1) is 5.41 Å². The van der Waals surface area contributed by atoms with Gasteiger partial charge in [0.25, 0.3) is 0 Å². The van der Waals surface area contributed by atoms with Crippen LogP contribution in [0.2, 0.25) is 0 Å². The van der Waals surface area contributed by atoms with Crippen molar-refractivity contribution in [2.24, 2.45) is 5.41 Å². The summed E-state index contributed by atoms with van der Waals surface area (Å²) >= 11 is 0. The van der Waals surface area contributed by atoms with Crippen LogP contribution in [-0.2, 0) is 11.0 Å². The molecule has 1 aliphatic rings. The number of amides is 1. The second-order valence-electron chi connectivity index (χ2n) is 7.37. The third-order valence-electron chi connectivity index (χ3n) is 3.94. The van der Waals surface area contributed by atoms with E-state index in [4.69, 9.17) is 0 Å². The number of fused-ring (bicyclic) bond motifs is 1. The third-order valence-corrected chi connectivity index (χ3v) is 3.94. The number of carbonyl (C=O) groups excluding carboxylic acids is 1. The monoisotopic (exact) mass is 364 g/mol. The summed E-state index contributed by atoms with van der Waals surface area (Å²) in [5.41, 5.74) is -0.0437. The zero-order chi connectivity index (χ0) is 19.1. The standard InChI is InChI=1S/C18H19F3N4O/c1-17(2,3)10-9-14(26)24-16-22-12-7-8-13(18(19,20)21)23-15(12)25(16)11-5-4-6-11/h4-8H,9-10H2,1-3H3,(H,22,24,26). The predicted molar refractivity (Wildman–Crippen MR) is 93.3 cm³/mol. The summed E-state index contributed by atoms with van der Waals surface area (Å²) in [5.74, 6) is -0.0715. The first-order valence-corrected chi connectivity index (χ1v) is 8.20. The van der Waals surface area contributed by atoms with Gasteiger partial charge in [-0.15, -0.1) is 0 Å². The molecule has 2 heterocycles. The van der Waals surface area contributed by atoms with Gasteiger partial charge in [0, 0.05) is 6.42 Å². The Bertz CT molecular complexity index is 917. The molecule has 2 aromatic rings. The molecule has 0 radical (unpaired) electrons. The summed E-state index contributed by atoms with van der Waals surface area (Å²) in [7, 11) is 0. The number of aromatic nitrogens is 3. The first kappa shape index (κ1) is 18.2. The van der Waals surface area contributed by atoms with Gasteiger partial charge in [0.05, 0.1) is 5.70 Å². The highest BCUT2D eigenvalue weighted by atomic mass is 19.4. The predicted octanol–water partition coefficient (Wildman–Crippen LogP) is 4.63. The number of imidazole rings is 1. The van der Waals surface area contributed by atoms with E-state index in [2.05, 4.69) is 15.3 Å². The molecule has 0 saturated carbocycles. The summed E-state index contributed by atoms with van der Waals surface area (Å²) in [6.07, 6.45) is 1.60. The fourth-order valence-corrected chi connectivity index (χ4v) is 2.45. The van der Waals surface area contributed by atoms with Crippen LogP contribution in [0.15, 0.2) is 30.4 Å². The Labute approximate surface area is 148 Å². The van der Waals surface area contributed by atoms with Crippen LogP contribution in [0.4, 0.5) is 19.1 Å². The van der Waals surface area contributed by atoms with Crippen molar-refractivity contribution in [2.75, 3.05) is 5.32 Å². The molecule has 138 valence electrons. The molecule has 0 aliphatic heterocycles. The summed E-state index contributed by atoms with van der Waals surface area (Å²) in [5, 5.41) is 2.70. The van der Waals surface area contributed by atoms with Gasteiger partial charge in [-0.2, -0.15) is 13.2 Å². The molecule has 0 spiro atoms. The van der Waals surface area contributed by atoms with E-state index in [1.54, 1.807) is 18.2 Å². The van der Waals surface area contributed by atoms with Gasteiger partial charge >= 0.3 is 6.18 Å². The molecule has 0 atom stereocenters.